The monoisotopic (exact) mass is 205 g/mol. The van der Waals surface area contributed by atoms with E-state index in [0.717, 1.165) is 16.8 Å². The highest BCUT2D eigenvalue weighted by Crippen LogP contribution is 2.19. The summed E-state index contributed by atoms with van der Waals surface area (Å²) in [5.41, 5.74) is 2.97. The third-order valence-electron chi connectivity index (χ3n) is 2.46. The average Bonchev–Trinajstić information content (AvgIpc) is 2.46. The van der Waals surface area contributed by atoms with Gasteiger partial charge in [-0.2, -0.15) is 0 Å². The van der Waals surface area contributed by atoms with Gasteiger partial charge in [-0.3, -0.25) is 0 Å². The van der Waals surface area contributed by atoms with E-state index in [0.29, 0.717) is 5.56 Å². The minimum absolute atomic E-state index is 0.330. The summed E-state index contributed by atoms with van der Waals surface area (Å²) in [5.74, 6) is -0.901. The molecule has 0 aliphatic heterocycles. The standard InChI is InChI=1S/C12H15NO2/c1-5-8(2)6-10-9(3)13(4)7-11(10)12(14)15/h5-7H,1H2,2-4H3,(H,14,15)/b8-6-. The molecule has 0 atom stereocenters. The van der Waals surface area contributed by atoms with Crippen LogP contribution >= 0.6 is 0 Å². The van der Waals surface area contributed by atoms with Gasteiger partial charge in [0, 0.05) is 24.5 Å². The van der Waals surface area contributed by atoms with Crippen LogP contribution in [0, 0.1) is 6.92 Å². The summed E-state index contributed by atoms with van der Waals surface area (Å²) in [4.78, 5) is 11.0. The van der Waals surface area contributed by atoms with E-state index >= 15 is 0 Å². The van der Waals surface area contributed by atoms with Crippen molar-refractivity contribution in [2.45, 2.75) is 13.8 Å². The van der Waals surface area contributed by atoms with E-state index in [9.17, 15) is 4.79 Å². The Kier molecular flexibility index (Phi) is 3.14. The number of rotatable bonds is 3. The van der Waals surface area contributed by atoms with Crippen LogP contribution < -0.4 is 0 Å². The molecule has 0 unspecified atom stereocenters. The molecule has 1 aromatic heterocycles. The molecule has 0 amide bonds. The van der Waals surface area contributed by atoms with Crippen LogP contribution in [-0.2, 0) is 7.05 Å². The molecule has 3 nitrogen and oxygen atoms in total. The molecule has 0 radical (unpaired) electrons. The second-order valence-electron chi connectivity index (χ2n) is 3.55. The highest BCUT2D eigenvalue weighted by atomic mass is 16.4. The first-order valence-corrected chi connectivity index (χ1v) is 4.67. The summed E-state index contributed by atoms with van der Waals surface area (Å²) in [6.45, 7) is 7.44. The van der Waals surface area contributed by atoms with E-state index in [-0.39, 0.29) is 0 Å². The largest absolute Gasteiger partial charge is 0.478 e. The van der Waals surface area contributed by atoms with Gasteiger partial charge in [0.2, 0.25) is 0 Å². The van der Waals surface area contributed by atoms with Gasteiger partial charge in [-0.25, -0.2) is 4.79 Å². The van der Waals surface area contributed by atoms with Crippen molar-refractivity contribution < 1.29 is 9.90 Å². The maximum absolute atomic E-state index is 11.0. The Balaban J connectivity index is 3.38. The van der Waals surface area contributed by atoms with Crippen LogP contribution in [0.25, 0.3) is 6.08 Å². The lowest BCUT2D eigenvalue weighted by Gasteiger charge is -1.98. The predicted molar refractivity (Wildman–Crippen MR) is 61.0 cm³/mol. The van der Waals surface area contributed by atoms with E-state index in [2.05, 4.69) is 6.58 Å². The van der Waals surface area contributed by atoms with Gasteiger partial charge < -0.3 is 9.67 Å². The van der Waals surface area contributed by atoms with Gasteiger partial charge in [0.1, 0.15) is 0 Å². The molecule has 0 saturated carbocycles. The van der Waals surface area contributed by atoms with Gasteiger partial charge in [-0.1, -0.05) is 18.2 Å². The van der Waals surface area contributed by atoms with Crippen LogP contribution in [0.5, 0.6) is 0 Å². The summed E-state index contributed by atoms with van der Waals surface area (Å²) < 4.78 is 1.81. The average molecular weight is 205 g/mol. The zero-order valence-corrected chi connectivity index (χ0v) is 9.24. The lowest BCUT2D eigenvalue weighted by atomic mass is 10.1. The SMILES string of the molecule is C=C/C(C)=C\c1c(C(=O)O)cn(C)c1C. The number of hydrogen-bond acceptors (Lipinski definition) is 1. The number of nitrogens with zero attached hydrogens (tertiary/aromatic N) is 1. The molecule has 0 saturated heterocycles. The van der Waals surface area contributed by atoms with Gasteiger partial charge in [-0.05, 0) is 19.9 Å². The molecule has 80 valence electrons. The number of carbonyl (C=O) groups is 1. The Labute approximate surface area is 89.3 Å². The summed E-state index contributed by atoms with van der Waals surface area (Å²) in [6, 6.07) is 0. The van der Waals surface area contributed by atoms with Gasteiger partial charge >= 0.3 is 5.97 Å². The minimum atomic E-state index is -0.901. The molecule has 0 aromatic carbocycles. The molecule has 0 fully saturated rings. The Bertz CT molecular complexity index is 439. The molecule has 0 spiro atoms. The second-order valence-corrected chi connectivity index (χ2v) is 3.55. The van der Waals surface area contributed by atoms with E-state index in [1.54, 1.807) is 12.3 Å². The summed E-state index contributed by atoms with van der Waals surface area (Å²) in [6.07, 6.45) is 5.17. The molecule has 0 bridgehead atoms. The zero-order chi connectivity index (χ0) is 11.6. The third-order valence-corrected chi connectivity index (χ3v) is 2.46. The Morgan fingerprint density at radius 2 is 2.20 bits per heavy atom. The molecule has 1 aromatic rings. The van der Waals surface area contributed by atoms with Crippen molar-refractivity contribution in [2.75, 3.05) is 0 Å². The molecule has 1 heterocycles. The van der Waals surface area contributed by atoms with E-state index < -0.39 is 5.97 Å². The fourth-order valence-corrected chi connectivity index (χ4v) is 1.38. The highest BCUT2D eigenvalue weighted by molar-refractivity contribution is 5.93. The number of aromatic carboxylic acids is 1. The van der Waals surface area contributed by atoms with Crippen molar-refractivity contribution >= 4 is 12.0 Å². The van der Waals surface area contributed by atoms with Crippen molar-refractivity contribution in [3.05, 3.63) is 41.2 Å². The van der Waals surface area contributed by atoms with Gasteiger partial charge in [0.25, 0.3) is 0 Å². The van der Waals surface area contributed by atoms with Crippen LogP contribution in [-0.4, -0.2) is 15.6 Å². The molecule has 1 rings (SSSR count). The fraction of sp³-hybridized carbons (Fsp3) is 0.250. The zero-order valence-electron chi connectivity index (χ0n) is 9.24. The number of hydrogen-bond donors (Lipinski definition) is 1. The maximum Gasteiger partial charge on any atom is 0.337 e. The lowest BCUT2D eigenvalue weighted by Crippen LogP contribution is -1.96. The Hall–Kier alpha value is -1.77. The number of aromatic nitrogens is 1. The molecule has 0 aliphatic carbocycles. The highest BCUT2D eigenvalue weighted by Gasteiger charge is 2.14. The number of aryl methyl sites for hydroxylation is 1. The van der Waals surface area contributed by atoms with Crippen molar-refractivity contribution in [1.82, 2.24) is 4.57 Å². The maximum atomic E-state index is 11.0. The molecular weight excluding hydrogens is 190 g/mol. The number of allylic oxidation sites excluding steroid dienone is 2. The van der Waals surface area contributed by atoms with Crippen molar-refractivity contribution in [3.63, 3.8) is 0 Å². The van der Waals surface area contributed by atoms with Crippen LogP contribution in [0.2, 0.25) is 0 Å². The quantitative estimate of drug-likeness (QED) is 0.771. The first-order valence-electron chi connectivity index (χ1n) is 4.67. The molecular formula is C12H15NO2. The molecule has 15 heavy (non-hydrogen) atoms. The number of carboxylic acids is 1. The topological polar surface area (TPSA) is 42.2 Å². The molecule has 3 heteroatoms. The van der Waals surface area contributed by atoms with E-state index in [1.807, 2.05) is 31.5 Å². The van der Waals surface area contributed by atoms with Crippen molar-refractivity contribution in [3.8, 4) is 0 Å². The first kappa shape index (κ1) is 11.3. The normalized spacial score (nSPS) is 11.5. The predicted octanol–water partition coefficient (Wildman–Crippen LogP) is 2.62. The Morgan fingerprint density at radius 1 is 1.60 bits per heavy atom. The summed E-state index contributed by atoms with van der Waals surface area (Å²) >= 11 is 0. The van der Waals surface area contributed by atoms with Crippen LogP contribution in [0.3, 0.4) is 0 Å². The molecule has 1 N–H and O–H groups in total. The minimum Gasteiger partial charge on any atom is -0.478 e. The van der Waals surface area contributed by atoms with E-state index in [4.69, 9.17) is 5.11 Å². The number of carboxylic acid groups (broad SMARTS) is 1. The summed E-state index contributed by atoms with van der Waals surface area (Å²) in [7, 11) is 1.84. The van der Waals surface area contributed by atoms with Crippen molar-refractivity contribution in [1.29, 1.82) is 0 Å². The van der Waals surface area contributed by atoms with Gasteiger partial charge in [0.05, 0.1) is 5.56 Å². The van der Waals surface area contributed by atoms with E-state index in [1.165, 1.54) is 0 Å². The first-order chi connectivity index (χ1) is 6.97. The van der Waals surface area contributed by atoms with Crippen LogP contribution in [0.1, 0.15) is 28.5 Å². The van der Waals surface area contributed by atoms with Gasteiger partial charge in [0.15, 0.2) is 0 Å². The van der Waals surface area contributed by atoms with Crippen LogP contribution in [0.4, 0.5) is 0 Å². The third kappa shape index (κ3) is 2.18. The second kappa shape index (κ2) is 4.17. The molecule has 0 aliphatic rings. The fourth-order valence-electron chi connectivity index (χ4n) is 1.38. The summed E-state index contributed by atoms with van der Waals surface area (Å²) in [5, 5.41) is 9.02. The Morgan fingerprint density at radius 3 is 2.67 bits per heavy atom. The smallest absolute Gasteiger partial charge is 0.337 e. The van der Waals surface area contributed by atoms with Crippen LogP contribution in [0.15, 0.2) is 24.4 Å². The lowest BCUT2D eigenvalue weighted by molar-refractivity contribution is 0.0696. The van der Waals surface area contributed by atoms with Crippen molar-refractivity contribution in [2.24, 2.45) is 7.05 Å². The van der Waals surface area contributed by atoms with Gasteiger partial charge in [-0.15, -0.1) is 0 Å².